The summed E-state index contributed by atoms with van der Waals surface area (Å²) in [7, 11) is 0. The highest BCUT2D eigenvalue weighted by Crippen LogP contribution is 2.47. The number of rotatable bonds is 3. The zero-order valence-electron chi connectivity index (χ0n) is 9.74. The first-order valence-corrected chi connectivity index (χ1v) is 5.43. The predicted octanol–water partition coefficient (Wildman–Crippen LogP) is 2.27. The molecule has 0 heterocycles. The summed E-state index contributed by atoms with van der Waals surface area (Å²) in [5, 5.41) is 5.84. The second kappa shape index (κ2) is 3.79. The van der Waals surface area contributed by atoms with Gasteiger partial charge in [0.15, 0.2) is 0 Å². The molecule has 82 valence electrons. The van der Waals surface area contributed by atoms with E-state index in [1.807, 2.05) is 20.8 Å². The van der Waals surface area contributed by atoms with E-state index in [1.165, 1.54) is 19.3 Å². The molecule has 0 radical (unpaired) electrons. The Morgan fingerprint density at radius 3 is 2.29 bits per heavy atom. The second-order valence-corrected chi connectivity index (χ2v) is 5.41. The molecule has 0 aromatic heterocycles. The van der Waals surface area contributed by atoms with Crippen molar-refractivity contribution in [2.45, 2.75) is 52.5 Å². The van der Waals surface area contributed by atoms with E-state index in [9.17, 15) is 4.79 Å². The molecule has 1 saturated carbocycles. The van der Waals surface area contributed by atoms with Crippen molar-refractivity contribution in [1.82, 2.24) is 10.6 Å². The van der Waals surface area contributed by atoms with E-state index in [0.717, 1.165) is 6.54 Å². The molecule has 1 aliphatic carbocycles. The third kappa shape index (κ3) is 3.56. The molecule has 1 aliphatic rings. The number of amides is 2. The van der Waals surface area contributed by atoms with Crippen LogP contribution in [-0.4, -0.2) is 18.1 Å². The van der Waals surface area contributed by atoms with E-state index in [1.54, 1.807) is 0 Å². The first-order chi connectivity index (χ1) is 6.37. The van der Waals surface area contributed by atoms with Crippen LogP contribution in [0.5, 0.6) is 0 Å². The van der Waals surface area contributed by atoms with Crippen LogP contribution in [0.15, 0.2) is 0 Å². The minimum atomic E-state index is -0.146. The normalized spacial score (nSPS) is 18.9. The number of urea groups is 1. The van der Waals surface area contributed by atoms with Gasteiger partial charge < -0.3 is 10.6 Å². The average molecular weight is 198 g/mol. The summed E-state index contributed by atoms with van der Waals surface area (Å²) < 4.78 is 0. The highest BCUT2D eigenvalue weighted by Gasteiger charge is 2.40. The molecule has 0 bridgehead atoms. The van der Waals surface area contributed by atoms with Gasteiger partial charge in [0.25, 0.3) is 0 Å². The van der Waals surface area contributed by atoms with Crippen LogP contribution < -0.4 is 10.6 Å². The summed E-state index contributed by atoms with van der Waals surface area (Å²) in [5.74, 6) is 0. The van der Waals surface area contributed by atoms with Crippen LogP contribution in [-0.2, 0) is 0 Å². The van der Waals surface area contributed by atoms with Gasteiger partial charge in [-0.25, -0.2) is 4.79 Å². The van der Waals surface area contributed by atoms with Crippen LogP contribution in [0.1, 0.15) is 47.0 Å². The summed E-state index contributed by atoms with van der Waals surface area (Å²) >= 11 is 0. The molecule has 0 spiro atoms. The van der Waals surface area contributed by atoms with E-state index in [-0.39, 0.29) is 11.6 Å². The van der Waals surface area contributed by atoms with Gasteiger partial charge in [-0.15, -0.1) is 0 Å². The second-order valence-electron chi connectivity index (χ2n) is 5.41. The molecule has 0 aliphatic heterocycles. The molecular formula is C11H22N2O. The number of hydrogen-bond acceptors (Lipinski definition) is 1. The largest absolute Gasteiger partial charge is 0.338 e. The van der Waals surface area contributed by atoms with Gasteiger partial charge in [-0.05, 0) is 45.4 Å². The predicted molar refractivity (Wildman–Crippen MR) is 58.2 cm³/mol. The van der Waals surface area contributed by atoms with Gasteiger partial charge in [0.1, 0.15) is 0 Å². The third-order valence-corrected chi connectivity index (χ3v) is 2.82. The van der Waals surface area contributed by atoms with E-state index in [2.05, 4.69) is 17.6 Å². The Labute approximate surface area is 86.6 Å². The van der Waals surface area contributed by atoms with Crippen molar-refractivity contribution in [2.75, 3.05) is 6.54 Å². The maximum absolute atomic E-state index is 11.4. The molecule has 0 saturated heterocycles. The Morgan fingerprint density at radius 2 is 1.93 bits per heavy atom. The summed E-state index contributed by atoms with van der Waals surface area (Å²) in [6.07, 6.45) is 3.70. The van der Waals surface area contributed by atoms with E-state index in [4.69, 9.17) is 0 Å². The fraction of sp³-hybridized carbons (Fsp3) is 0.909. The highest BCUT2D eigenvalue weighted by molar-refractivity contribution is 5.74. The first-order valence-electron chi connectivity index (χ1n) is 5.43. The van der Waals surface area contributed by atoms with Crippen molar-refractivity contribution in [3.8, 4) is 0 Å². The number of carbonyl (C=O) groups excluding carboxylic acids is 1. The van der Waals surface area contributed by atoms with Crippen molar-refractivity contribution in [3.05, 3.63) is 0 Å². The van der Waals surface area contributed by atoms with E-state index < -0.39 is 0 Å². The van der Waals surface area contributed by atoms with Gasteiger partial charge in [0.05, 0.1) is 0 Å². The molecule has 0 atom stereocenters. The SMILES string of the molecule is CCC1(CNC(=O)NC(C)(C)C)CC1. The summed E-state index contributed by atoms with van der Waals surface area (Å²) in [5.41, 5.74) is 0.280. The van der Waals surface area contributed by atoms with E-state index >= 15 is 0 Å². The zero-order valence-corrected chi connectivity index (χ0v) is 9.74. The quantitative estimate of drug-likeness (QED) is 0.717. The fourth-order valence-corrected chi connectivity index (χ4v) is 1.48. The molecule has 0 unspecified atom stereocenters. The topological polar surface area (TPSA) is 41.1 Å². The molecule has 3 heteroatoms. The molecule has 0 aromatic carbocycles. The maximum atomic E-state index is 11.4. The molecule has 0 aromatic rings. The fourth-order valence-electron chi connectivity index (χ4n) is 1.48. The van der Waals surface area contributed by atoms with Gasteiger partial charge in [0.2, 0.25) is 0 Å². The molecule has 1 fully saturated rings. The Hall–Kier alpha value is -0.730. The minimum absolute atomic E-state index is 0.0442. The van der Waals surface area contributed by atoms with Crippen molar-refractivity contribution in [3.63, 3.8) is 0 Å². The van der Waals surface area contributed by atoms with Crippen molar-refractivity contribution in [2.24, 2.45) is 5.41 Å². The van der Waals surface area contributed by atoms with Crippen LogP contribution in [0, 0.1) is 5.41 Å². The number of carbonyl (C=O) groups is 1. The van der Waals surface area contributed by atoms with Crippen LogP contribution in [0.4, 0.5) is 4.79 Å². The summed E-state index contributed by atoms with van der Waals surface area (Å²) in [6, 6.07) is -0.0442. The Kier molecular flexibility index (Phi) is 3.07. The smallest absolute Gasteiger partial charge is 0.315 e. The van der Waals surface area contributed by atoms with Gasteiger partial charge in [-0.3, -0.25) is 0 Å². The summed E-state index contributed by atoms with van der Waals surface area (Å²) in [6.45, 7) is 8.97. The lowest BCUT2D eigenvalue weighted by atomic mass is 10.0. The molecule has 14 heavy (non-hydrogen) atoms. The highest BCUT2D eigenvalue weighted by atomic mass is 16.2. The van der Waals surface area contributed by atoms with Gasteiger partial charge in [0, 0.05) is 12.1 Å². The Bertz CT molecular complexity index is 214. The van der Waals surface area contributed by atoms with Crippen molar-refractivity contribution >= 4 is 6.03 Å². The van der Waals surface area contributed by atoms with Gasteiger partial charge in [-0.1, -0.05) is 6.92 Å². The maximum Gasteiger partial charge on any atom is 0.315 e. The lowest BCUT2D eigenvalue weighted by molar-refractivity contribution is 0.229. The first kappa shape index (κ1) is 11.3. The van der Waals surface area contributed by atoms with Gasteiger partial charge >= 0.3 is 6.03 Å². The van der Waals surface area contributed by atoms with Crippen molar-refractivity contribution < 1.29 is 4.79 Å². The number of hydrogen-bond donors (Lipinski definition) is 2. The Balaban J connectivity index is 2.22. The third-order valence-electron chi connectivity index (χ3n) is 2.82. The van der Waals surface area contributed by atoms with Gasteiger partial charge in [-0.2, -0.15) is 0 Å². The zero-order chi connectivity index (χ0) is 10.8. The average Bonchev–Trinajstić information content (AvgIpc) is 2.78. The molecule has 1 rings (SSSR count). The number of nitrogens with one attached hydrogen (secondary N) is 2. The van der Waals surface area contributed by atoms with Crippen molar-refractivity contribution in [1.29, 1.82) is 0 Å². The van der Waals surface area contributed by atoms with Crippen LogP contribution >= 0.6 is 0 Å². The molecule has 2 amide bonds. The van der Waals surface area contributed by atoms with Crippen LogP contribution in [0.2, 0.25) is 0 Å². The lowest BCUT2D eigenvalue weighted by Crippen LogP contribution is -2.47. The molecule has 3 nitrogen and oxygen atoms in total. The van der Waals surface area contributed by atoms with Crippen LogP contribution in [0.25, 0.3) is 0 Å². The summed E-state index contributed by atoms with van der Waals surface area (Å²) in [4.78, 5) is 11.4. The lowest BCUT2D eigenvalue weighted by Gasteiger charge is -2.22. The Morgan fingerprint density at radius 1 is 1.36 bits per heavy atom. The molecule has 2 N–H and O–H groups in total. The monoisotopic (exact) mass is 198 g/mol. The van der Waals surface area contributed by atoms with Crippen LogP contribution in [0.3, 0.4) is 0 Å². The molecular weight excluding hydrogens is 176 g/mol. The van der Waals surface area contributed by atoms with E-state index in [0.29, 0.717) is 5.41 Å². The standard InChI is InChI=1S/C11H22N2O/c1-5-11(6-7-11)8-12-9(14)13-10(2,3)4/h5-8H2,1-4H3,(H2,12,13,14). The minimum Gasteiger partial charge on any atom is -0.338 e.